The lowest BCUT2D eigenvalue weighted by atomic mass is 10.1. The summed E-state index contributed by atoms with van der Waals surface area (Å²) in [6, 6.07) is 15.0. The first kappa shape index (κ1) is 15.4. The average molecular weight is 316 g/mol. The number of hydrogen-bond acceptors (Lipinski definition) is 1. The first-order chi connectivity index (χ1) is 10.6. The average Bonchev–Trinajstić information content (AvgIpc) is 2.53. The van der Waals surface area contributed by atoms with Gasteiger partial charge in [-0.1, -0.05) is 35.9 Å². The normalized spacial score (nSPS) is 16.0. The van der Waals surface area contributed by atoms with E-state index in [1.165, 1.54) is 35.5 Å². The predicted octanol–water partition coefficient (Wildman–Crippen LogP) is 2.86. The highest BCUT2D eigenvalue weighted by atomic mass is 35.5. The molecule has 2 aromatic carbocycles. The van der Waals surface area contributed by atoms with Crippen molar-refractivity contribution in [3.05, 3.63) is 64.2 Å². The van der Waals surface area contributed by atoms with Crippen LogP contribution in [0.25, 0.3) is 0 Å². The Bertz CT molecular complexity index is 628. The van der Waals surface area contributed by atoms with E-state index < -0.39 is 0 Å². The van der Waals surface area contributed by atoms with Gasteiger partial charge < -0.3 is 9.80 Å². The third kappa shape index (κ3) is 3.63. The van der Waals surface area contributed by atoms with Crippen molar-refractivity contribution in [2.24, 2.45) is 0 Å². The largest absolute Gasteiger partial charge is 0.360 e. The summed E-state index contributed by atoms with van der Waals surface area (Å²) < 4.78 is 0. The fourth-order valence-electron chi connectivity index (χ4n) is 3.19. The maximum atomic E-state index is 5.96. The van der Waals surface area contributed by atoms with Crippen LogP contribution < -0.4 is 9.80 Å². The molecule has 0 unspecified atom stereocenters. The molecule has 3 heteroatoms. The SMILES string of the molecule is Cc1ccc(C)c(N2CC[NH+](Cc3ccc(Cl)cc3)CC2)c1. The van der Waals surface area contributed by atoms with Crippen molar-refractivity contribution in [1.29, 1.82) is 0 Å². The summed E-state index contributed by atoms with van der Waals surface area (Å²) in [7, 11) is 0. The van der Waals surface area contributed by atoms with Gasteiger partial charge >= 0.3 is 0 Å². The number of rotatable bonds is 3. The zero-order valence-electron chi connectivity index (χ0n) is 13.4. The first-order valence-electron chi connectivity index (χ1n) is 8.02. The van der Waals surface area contributed by atoms with Gasteiger partial charge in [0.2, 0.25) is 0 Å². The Kier molecular flexibility index (Phi) is 4.70. The van der Waals surface area contributed by atoms with Crippen molar-refractivity contribution in [3.63, 3.8) is 0 Å². The summed E-state index contributed by atoms with van der Waals surface area (Å²) in [6.45, 7) is 10.1. The minimum atomic E-state index is 0.818. The van der Waals surface area contributed by atoms with Gasteiger partial charge in [0.1, 0.15) is 6.54 Å². The Hall–Kier alpha value is -1.51. The summed E-state index contributed by atoms with van der Waals surface area (Å²) in [4.78, 5) is 4.19. The molecule has 0 saturated carbocycles. The molecular weight excluding hydrogens is 292 g/mol. The molecule has 22 heavy (non-hydrogen) atoms. The van der Waals surface area contributed by atoms with E-state index in [-0.39, 0.29) is 0 Å². The first-order valence-corrected chi connectivity index (χ1v) is 8.40. The fourth-order valence-corrected chi connectivity index (χ4v) is 3.32. The topological polar surface area (TPSA) is 7.68 Å². The molecule has 0 atom stereocenters. The van der Waals surface area contributed by atoms with E-state index in [1.54, 1.807) is 4.90 Å². The molecule has 2 nitrogen and oxygen atoms in total. The number of hydrogen-bond donors (Lipinski definition) is 1. The second-order valence-corrected chi connectivity index (χ2v) is 6.77. The quantitative estimate of drug-likeness (QED) is 0.915. The lowest BCUT2D eigenvalue weighted by Crippen LogP contribution is -3.13. The molecule has 0 bridgehead atoms. The zero-order chi connectivity index (χ0) is 15.5. The molecule has 116 valence electrons. The number of anilines is 1. The summed E-state index contributed by atoms with van der Waals surface area (Å²) in [5, 5.41) is 0.818. The zero-order valence-corrected chi connectivity index (χ0v) is 14.2. The highest BCUT2D eigenvalue weighted by Gasteiger charge is 2.21. The third-order valence-corrected chi connectivity index (χ3v) is 4.80. The minimum absolute atomic E-state index is 0.818. The van der Waals surface area contributed by atoms with Crippen LogP contribution in [-0.2, 0) is 6.54 Å². The number of aryl methyl sites for hydroxylation is 2. The van der Waals surface area contributed by atoms with Crippen LogP contribution in [0.5, 0.6) is 0 Å². The molecule has 0 radical (unpaired) electrons. The van der Waals surface area contributed by atoms with Gasteiger partial charge in [0.05, 0.1) is 26.2 Å². The number of piperazine rings is 1. The van der Waals surface area contributed by atoms with Gasteiger partial charge in [0.15, 0.2) is 0 Å². The van der Waals surface area contributed by atoms with Gasteiger partial charge in [0.25, 0.3) is 0 Å². The molecule has 1 N–H and O–H groups in total. The van der Waals surface area contributed by atoms with E-state index in [4.69, 9.17) is 11.6 Å². The van der Waals surface area contributed by atoms with Crippen molar-refractivity contribution >= 4 is 17.3 Å². The van der Waals surface area contributed by atoms with E-state index >= 15 is 0 Å². The highest BCUT2D eigenvalue weighted by molar-refractivity contribution is 6.30. The summed E-state index contributed by atoms with van der Waals surface area (Å²) >= 11 is 5.96. The van der Waals surface area contributed by atoms with Crippen molar-refractivity contribution in [2.75, 3.05) is 31.1 Å². The van der Waals surface area contributed by atoms with Crippen LogP contribution in [0.4, 0.5) is 5.69 Å². The molecule has 0 spiro atoms. The predicted molar refractivity (Wildman–Crippen MR) is 94.0 cm³/mol. The molecule has 1 heterocycles. The molecule has 1 aliphatic rings. The molecule has 1 aliphatic heterocycles. The van der Waals surface area contributed by atoms with E-state index in [0.717, 1.165) is 24.7 Å². The Morgan fingerprint density at radius 2 is 1.68 bits per heavy atom. The Labute approximate surface area is 138 Å². The van der Waals surface area contributed by atoms with Crippen LogP contribution in [0.1, 0.15) is 16.7 Å². The standard InChI is InChI=1S/C19H23ClN2/c1-15-3-4-16(2)19(13-15)22-11-9-21(10-12-22)14-17-5-7-18(20)8-6-17/h3-8,13H,9-12,14H2,1-2H3/p+1. The van der Waals surface area contributed by atoms with Gasteiger partial charge in [-0.05, 0) is 43.2 Å². The molecule has 1 fully saturated rings. The highest BCUT2D eigenvalue weighted by Crippen LogP contribution is 2.21. The van der Waals surface area contributed by atoms with Gasteiger partial charge in [-0.25, -0.2) is 0 Å². The van der Waals surface area contributed by atoms with Crippen LogP contribution >= 0.6 is 11.6 Å². The molecule has 2 aromatic rings. The van der Waals surface area contributed by atoms with Crippen LogP contribution in [-0.4, -0.2) is 26.2 Å². The lowest BCUT2D eigenvalue weighted by molar-refractivity contribution is -0.914. The molecule has 1 saturated heterocycles. The third-order valence-electron chi connectivity index (χ3n) is 4.54. The molecule has 0 amide bonds. The Morgan fingerprint density at radius 3 is 2.36 bits per heavy atom. The summed E-state index contributed by atoms with van der Waals surface area (Å²) in [5.41, 5.74) is 5.51. The van der Waals surface area contributed by atoms with Crippen molar-refractivity contribution < 1.29 is 4.90 Å². The molecular formula is C19H24ClN2+. The van der Waals surface area contributed by atoms with E-state index in [2.05, 4.69) is 49.1 Å². The summed E-state index contributed by atoms with van der Waals surface area (Å²) in [5.74, 6) is 0. The van der Waals surface area contributed by atoms with E-state index in [9.17, 15) is 0 Å². The van der Waals surface area contributed by atoms with Crippen molar-refractivity contribution in [1.82, 2.24) is 0 Å². The van der Waals surface area contributed by atoms with Crippen molar-refractivity contribution in [2.45, 2.75) is 20.4 Å². The van der Waals surface area contributed by atoms with Gasteiger partial charge in [-0.3, -0.25) is 0 Å². The second kappa shape index (κ2) is 6.72. The molecule has 0 aliphatic carbocycles. The number of nitrogens with one attached hydrogen (secondary N) is 1. The number of halogens is 1. The molecule has 3 rings (SSSR count). The van der Waals surface area contributed by atoms with E-state index in [1.807, 2.05) is 12.1 Å². The van der Waals surface area contributed by atoms with Crippen LogP contribution in [0.2, 0.25) is 5.02 Å². The van der Waals surface area contributed by atoms with Gasteiger partial charge in [-0.2, -0.15) is 0 Å². The van der Waals surface area contributed by atoms with Gasteiger partial charge in [-0.15, -0.1) is 0 Å². The number of nitrogens with zero attached hydrogens (tertiary/aromatic N) is 1. The summed E-state index contributed by atoms with van der Waals surface area (Å²) in [6.07, 6.45) is 0. The fraction of sp³-hybridized carbons (Fsp3) is 0.368. The Balaban J connectivity index is 1.60. The van der Waals surface area contributed by atoms with E-state index in [0.29, 0.717) is 0 Å². The van der Waals surface area contributed by atoms with Crippen LogP contribution in [0, 0.1) is 13.8 Å². The minimum Gasteiger partial charge on any atom is -0.360 e. The van der Waals surface area contributed by atoms with Crippen LogP contribution in [0.3, 0.4) is 0 Å². The Morgan fingerprint density at radius 1 is 1.00 bits per heavy atom. The maximum absolute atomic E-state index is 5.96. The van der Waals surface area contributed by atoms with Gasteiger partial charge in [0, 0.05) is 16.3 Å². The number of benzene rings is 2. The second-order valence-electron chi connectivity index (χ2n) is 6.33. The lowest BCUT2D eigenvalue weighted by Gasteiger charge is -2.34. The monoisotopic (exact) mass is 315 g/mol. The smallest absolute Gasteiger partial charge is 0.103 e. The van der Waals surface area contributed by atoms with Crippen LogP contribution in [0.15, 0.2) is 42.5 Å². The molecule has 0 aromatic heterocycles. The maximum Gasteiger partial charge on any atom is 0.103 e. The number of quaternary nitrogens is 1. The van der Waals surface area contributed by atoms with Crippen molar-refractivity contribution in [3.8, 4) is 0 Å².